The molecule has 0 aromatic heterocycles. The molecule has 88 valence electrons. The molecular formula is C13H19NO2. The highest BCUT2D eigenvalue weighted by molar-refractivity contribution is 5.87. The Labute approximate surface area is 97.2 Å². The van der Waals surface area contributed by atoms with E-state index in [0.29, 0.717) is 12.5 Å². The van der Waals surface area contributed by atoms with Gasteiger partial charge < -0.3 is 10.1 Å². The van der Waals surface area contributed by atoms with E-state index in [1.54, 1.807) is 6.08 Å². The Kier molecular flexibility index (Phi) is 6.36. The third kappa shape index (κ3) is 5.57. The van der Waals surface area contributed by atoms with Crippen LogP contribution in [-0.2, 0) is 9.53 Å². The summed E-state index contributed by atoms with van der Waals surface area (Å²) in [7, 11) is 0. The molecule has 0 spiro atoms. The number of hydrogen-bond donors (Lipinski definition) is 1. The molecule has 0 aromatic rings. The molecule has 1 saturated heterocycles. The predicted octanol–water partition coefficient (Wildman–Crippen LogP) is 1.50. The second-order valence-electron chi connectivity index (χ2n) is 3.97. The van der Waals surface area contributed by atoms with Gasteiger partial charge in [-0.05, 0) is 25.3 Å². The normalized spacial score (nSPS) is 19.8. The van der Waals surface area contributed by atoms with Crippen molar-refractivity contribution >= 4 is 5.91 Å². The lowest BCUT2D eigenvalue weighted by Crippen LogP contribution is -2.27. The van der Waals surface area contributed by atoms with Crippen LogP contribution in [0, 0.1) is 18.3 Å². The number of terminal acetylenes is 1. The molecule has 0 radical (unpaired) electrons. The zero-order chi connectivity index (χ0) is 11.6. The van der Waals surface area contributed by atoms with Crippen LogP contribution in [-0.4, -0.2) is 25.7 Å². The van der Waals surface area contributed by atoms with E-state index in [1.807, 2.05) is 6.08 Å². The van der Waals surface area contributed by atoms with Crippen LogP contribution in [0.2, 0.25) is 0 Å². The summed E-state index contributed by atoms with van der Waals surface area (Å²) in [4.78, 5) is 11.4. The lowest BCUT2D eigenvalue weighted by molar-refractivity contribution is -0.116. The minimum absolute atomic E-state index is 0.0207. The second-order valence-corrected chi connectivity index (χ2v) is 3.97. The number of rotatable bonds is 6. The minimum atomic E-state index is -0.0207. The molecule has 3 heteroatoms. The Morgan fingerprint density at radius 3 is 3.19 bits per heavy atom. The van der Waals surface area contributed by atoms with Crippen molar-refractivity contribution in [2.24, 2.45) is 5.92 Å². The van der Waals surface area contributed by atoms with Crippen molar-refractivity contribution in [1.82, 2.24) is 5.32 Å². The molecule has 0 aliphatic carbocycles. The fourth-order valence-electron chi connectivity index (χ4n) is 1.56. The van der Waals surface area contributed by atoms with Gasteiger partial charge in [-0.2, -0.15) is 0 Å². The maximum absolute atomic E-state index is 11.4. The van der Waals surface area contributed by atoms with Gasteiger partial charge in [-0.25, -0.2) is 0 Å². The van der Waals surface area contributed by atoms with E-state index in [2.05, 4.69) is 11.2 Å². The molecule has 0 aromatic carbocycles. The van der Waals surface area contributed by atoms with Crippen molar-refractivity contribution in [3.63, 3.8) is 0 Å². The fourth-order valence-corrected chi connectivity index (χ4v) is 1.56. The van der Waals surface area contributed by atoms with Gasteiger partial charge in [0.1, 0.15) is 0 Å². The van der Waals surface area contributed by atoms with Crippen LogP contribution < -0.4 is 5.32 Å². The summed E-state index contributed by atoms with van der Waals surface area (Å²) in [6.07, 6.45) is 12.2. The van der Waals surface area contributed by atoms with Gasteiger partial charge in [0.05, 0.1) is 6.61 Å². The SMILES string of the molecule is C#CCCCC=CC(=O)NCC1CCOC1. The van der Waals surface area contributed by atoms with Crippen molar-refractivity contribution in [2.75, 3.05) is 19.8 Å². The molecule has 1 heterocycles. The Balaban J connectivity index is 2.03. The number of amides is 1. The first-order valence-corrected chi connectivity index (χ1v) is 5.78. The van der Waals surface area contributed by atoms with Crippen molar-refractivity contribution in [1.29, 1.82) is 0 Å². The lowest BCUT2D eigenvalue weighted by Gasteiger charge is -2.06. The Morgan fingerprint density at radius 2 is 2.50 bits per heavy atom. The van der Waals surface area contributed by atoms with E-state index in [9.17, 15) is 4.79 Å². The monoisotopic (exact) mass is 221 g/mol. The van der Waals surface area contributed by atoms with Gasteiger partial charge in [0.25, 0.3) is 0 Å². The molecule has 1 amide bonds. The summed E-state index contributed by atoms with van der Waals surface area (Å²) < 4.78 is 5.23. The van der Waals surface area contributed by atoms with Crippen LogP contribution in [0.1, 0.15) is 25.7 Å². The van der Waals surface area contributed by atoms with Crippen LogP contribution in [0.15, 0.2) is 12.2 Å². The number of allylic oxidation sites excluding steroid dienone is 1. The van der Waals surface area contributed by atoms with E-state index in [0.717, 1.165) is 38.9 Å². The van der Waals surface area contributed by atoms with E-state index < -0.39 is 0 Å². The zero-order valence-corrected chi connectivity index (χ0v) is 9.58. The first-order chi connectivity index (χ1) is 7.83. The van der Waals surface area contributed by atoms with Gasteiger partial charge in [0.2, 0.25) is 5.91 Å². The number of ether oxygens (including phenoxy) is 1. The van der Waals surface area contributed by atoms with Gasteiger partial charge in [-0.3, -0.25) is 4.79 Å². The topological polar surface area (TPSA) is 38.3 Å². The molecule has 1 fully saturated rings. The van der Waals surface area contributed by atoms with E-state index in [-0.39, 0.29) is 5.91 Å². The number of carbonyl (C=O) groups is 1. The molecule has 1 unspecified atom stereocenters. The predicted molar refractivity (Wildman–Crippen MR) is 63.8 cm³/mol. The van der Waals surface area contributed by atoms with E-state index in [1.165, 1.54) is 0 Å². The quantitative estimate of drug-likeness (QED) is 0.419. The summed E-state index contributed by atoms with van der Waals surface area (Å²) in [6, 6.07) is 0. The molecule has 0 bridgehead atoms. The number of nitrogens with one attached hydrogen (secondary N) is 1. The van der Waals surface area contributed by atoms with Crippen LogP contribution >= 0.6 is 0 Å². The zero-order valence-electron chi connectivity index (χ0n) is 9.58. The first-order valence-electron chi connectivity index (χ1n) is 5.78. The van der Waals surface area contributed by atoms with Crippen LogP contribution in [0.25, 0.3) is 0 Å². The molecule has 0 saturated carbocycles. The van der Waals surface area contributed by atoms with Crippen molar-refractivity contribution in [3.8, 4) is 12.3 Å². The molecule has 1 aliphatic rings. The molecule has 1 rings (SSSR count). The van der Waals surface area contributed by atoms with Gasteiger partial charge in [0, 0.05) is 25.5 Å². The molecular weight excluding hydrogens is 202 g/mol. The van der Waals surface area contributed by atoms with Gasteiger partial charge in [-0.1, -0.05) is 6.08 Å². The van der Waals surface area contributed by atoms with E-state index in [4.69, 9.17) is 11.2 Å². The Morgan fingerprint density at radius 1 is 1.62 bits per heavy atom. The number of carbonyl (C=O) groups excluding carboxylic acids is 1. The highest BCUT2D eigenvalue weighted by Crippen LogP contribution is 2.10. The average molecular weight is 221 g/mol. The summed E-state index contributed by atoms with van der Waals surface area (Å²) in [5, 5.41) is 2.87. The first kappa shape index (κ1) is 12.8. The molecule has 1 atom stereocenters. The largest absolute Gasteiger partial charge is 0.381 e. The maximum atomic E-state index is 11.4. The van der Waals surface area contributed by atoms with Crippen LogP contribution in [0.4, 0.5) is 0 Å². The molecule has 1 N–H and O–H groups in total. The molecule has 1 aliphatic heterocycles. The van der Waals surface area contributed by atoms with E-state index >= 15 is 0 Å². The van der Waals surface area contributed by atoms with Crippen molar-refractivity contribution < 1.29 is 9.53 Å². The number of hydrogen-bond acceptors (Lipinski definition) is 2. The van der Waals surface area contributed by atoms with Gasteiger partial charge in [0.15, 0.2) is 0 Å². The number of unbranched alkanes of at least 4 members (excludes halogenated alkanes) is 2. The second kappa shape index (κ2) is 7.95. The Bertz CT molecular complexity index is 272. The third-order valence-electron chi connectivity index (χ3n) is 2.55. The lowest BCUT2D eigenvalue weighted by atomic mass is 10.1. The summed E-state index contributed by atoms with van der Waals surface area (Å²) >= 11 is 0. The van der Waals surface area contributed by atoms with Crippen molar-refractivity contribution in [3.05, 3.63) is 12.2 Å². The maximum Gasteiger partial charge on any atom is 0.243 e. The van der Waals surface area contributed by atoms with Crippen LogP contribution in [0.3, 0.4) is 0 Å². The summed E-state index contributed by atoms with van der Waals surface area (Å²) in [5.41, 5.74) is 0. The highest BCUT2D eigenvalue weighted by atomic mass is 16.5. The molecule has 3 nitrogen and oxygen atoms in total. The summed E-state index contributed by atoms with van der Waals surface area (Å²) in [6.45, 7) is 2.31. The highest BCUT2D eigenvalue weighted by Gasteiger charge is 2.15. The average Bonchev–Trinajstić information content (AvgIpc) is 2.79. The minimum Gasteiger partial charge on any atom is -0.381 e. The Hall–Kier alpha value is -1.27. The van der Waals surface area contributed by atoms with Crippen molar-refractivity contribution in [2.45, 2.75) is 25.7 Å². The third-order valence-corrected chi connectivity index (χ3v) is 2.55. The van der Waals surface area contributed by atoms with Gasteiger partial charge in [-0.15, -0.1) is 12.3 Å². The fraction of sp³-hybridized carbons (Fsp3) is 0.615. The molecule has 16 heavy (non-hydrogen) atoms. The smallest absolute Gasteiger partial charge is 0.243 e. The van der Waals surface area contributed by atoms with Crippen LogP contribution in [0.5, 0.6) is 0 Å². The standard InChI is InChI=1S/C13H19NO2/c1-2-3-4-5-6-7-13(15)14-10-12-8-9-16-11-12/h1,6-7,12H,3-5,8-11H2,(H,14,15). The van der Waals surface area contributed by atoms with Gasteiger partial charge >= 0.3 is 0 Å². The summed E-state index contributed by atoms with van der Waals surface area (Å²) in [5.74, 6) is 3.03.